The van der Waals surface area contributed by atoms with Gasteiger partial charge in [-0.25, -0.2) is 4.98 Å². The highest BCUT2D eigenvalue weighted by atomic mass is 32.2. The first-order valence-corrected chi connectivity index (χ1v) is 9.37. The first kappa shape index (κ1) is 17.3. The molecule has 3 aromatic rings. The molecule has 2 aromatic heterocycles. The number of aromatic nitrogens is 1. The molecule has 2 heterocycles. The van der Waals surface area contributed by atoms with Gasteiger partial charge in [0.15, 0.2) is 0 Å². The van der Waals surface area contributed by atoms with Gasteiger partial charge in [-0.1, -0.05) is 17.8 Å². The van der Waals surface area contributed by atoms with Crippen molar-refractivity contribution in [3.8, 4) is 11.8 Å². The topological polar surface area (TPSA) is 75.0 Å². The molecule has 0 aliphatic carbocycles. The lowest BCUT2D eigenvalue weighted by molar-refractivity contribution is -0.118. The third kappa shape index (κ3) is 4.29. The lowest BCUT2D eigenvalue weighted by Crippen LogP contribution is -2.24. The van der Waals surface area contributed by atoms with Crippen LogP contribution in [0.5, 0.6) is 5.75 Å². The molecule has 0 fully saturated rings. The van der Waals surface area contributed by atoms with E-state index in [1.807, 2.05) is 35.7 Å². The number of rotatable bonds is 6. The second kappa shape index (κ2) is 8.01. The van der Waals surface area contributed by atoms with Crippen LogP contribution in [0.25, 0.3) is 10.9 Å². The first-order chi connectivity index (χ1) is 12.2. The highest BCUT2D eigenvalue weighted by molar-refractivity contribution is 8.00. The molecule has 5 nitrogen and oxygen atoms in total. The monoisotopic (exact) mass is 369 g/mol. The number of ether oxygens (including phenoxy) is 1. The minimum atomic E-state index is -0.0881. The highest BCUT2D eigenvalue weighted by Crippen LogP contribution is 2.26. The summed E-state index contributed by atoms with van der Waals surface area (Å²) in [5.74, 6) is 0.826. The van der Waals surface area contributed by atoms with E-state index in [0.717, 1.165) is 15.8 Å². The molecule has 126 valence electrons. The molecule has 1 aromatic carbocycles. The summed E-state index contributed by atoms with van der Waals surface area (Å²) in [7, 11) is 1.60. The number of benzene rings is 1. The Balaban J connectivity index is 1.71. The van der Waals surface area contributed by atoms with Crippen LogP contribution in [0.3, 0.4) is 0 Å². The van der Waals surface area contributed by atoms with Crippen LogP contribution >= 0.6 is 23.1 Å². The molecule has 0 unspecified atom stereocenters. The van der Waals surface area contributed by atoms with E-state index < -0.39 is 0 Å². The summed E-state index contributed by atoms with van der Waals surface area (Å²) in [4.78, 5) is 17.6. The summed E-state index contributed by atoms with van der Waals surface area (Å²) in [6.07, 6.45) is 0. The molecular weight excluding hydrogens is 354 g/mol. The van der Waals surface area contributed by atoms with E-state index in [0.29, 0.717) is 22.9 Å². The number of nitriles is 1. The summed E-state index contributed by atoms with van der Waals surface area (Å²) < 4.78 is 5.21. The van der Waals surface area contributed by atoms with Crippen molar-refractivity contribution >= 4 is 39.9 Å². The van der Waals surface area contributed by atoms with Crippen molar-refractivity contribution in [2.45, 2.75) is 11.6 Å². The molecule has 0 aliphatic heterocycles. The van der Waals surface area contributed by atoms with Gasteiger partial charge in [0, 0.05) is 16.3 Å². The number of hydrogen-bond acceptors (Lipinski definition) is 6. The van der Waals surface area contributed by atoms with E-state index in [-0.39, 0.29) is 11.7 Å². The Morgan fingerprint density at radius 2 is 2.28 bits per heavy atom. The van der Waals surface area contributed by atoms with E-state index in [4.69, 9.17) is 4.74 Å². The molecule has 0 spiro atoms. The zero-order valence-electron chi connectivity index (χ0n) is 13.5. The second-order valence-electron chi connectivity index (χ2n) is 5.16. The highest BCUT2D eigenvalue weighted by Gasteiger charge is 2.11. The van der Waals surface area contributed by atoms with Crippen LogP contribution in [-0.2, 0) is 11.3 Å². The zero-order valence-corrected chi connectivity index (χ0v) is 15.1. The fourth-order valence-corrected chi connectivity index (χ4v) is 3.67. The number of hydrogen-bond donors (Lipinski definition) is 1. The van der Waals surface area contributed by atoms with Crippen molar-refractivity contribution in [1.29, 1.82) is 5.26 Å². The Kier molecular flexibility index (Phi) is 5.53. The van der Waals surface area contributed by atoms with E-state index in [2.05, 4.69) is 16.4 Å². The van der Waals surface area contributed by atoms with E-state index >= 15 is 0 Å². The largest absolute Gasteiger partial charge is 0.497 e. The van der Waals surface area contributed by atoms with Gasteiger partial charge in [0.25, 0.3) is 0 Å². The molecule has 0 radical (unpaired) electrons. The normalized spacial score (nSPS) is 10.4. The van der Waals surface area contributed by atoms with Crippen LogP contribution < -0.4 is 10.1 Å². The Morgan fingerprint density at radius 1 is 1.40 bits per heavy atom. The lowest BCUT2D eigenvalue weighted by atomic mass is 10.1. The molecular formula is C18H15N3O2S2. The minimum Gasteiger partial charge on any atom is -0.497 e. The molecule has 25 heavy (non-hydrogen) atoms. The van der Waals surface area contributed by atoms with Gasteiger partial charge in [-0.15, -0.1) is 11.3 Å². The molecule has 0 saturated carbocycles. The smallest absolute Gasteiger partial charge is 0.230 e. The lowest BCUT2D eigenvalue weighted by Gasteiger charge is -2.07. The van der Waals surface area contributed by atoms with Gasteiger partial charge in [-0.05, 0) is 29.6 Å². The van der Waals surface area contributed by atoms with Gasteiger partial charge in [0.1, 0.15) is 16.8 Å². The van der Waals surface area contributed by atoms with Crippen LogP contribution in [0.2, 0.25) is 0 Å². The average molecular weight is 369 g/mol. The minimum absolute atomic E-state index is 0.0881. The number of thiophene rings is 1. The first-order valence-electron chi connectivity index (χ1n) is 7.50. The van der Waals surface area contributed by atoms with Crippen LogP contribution in [0.15, 0.2) is 46.8 Å². The summed E-state index contributed by atoms with van der Waals surface area (Å²) in [6, 6.07) is 13.4. The SMILES string of the molecule is COc1ccc2cc(C#N)c(SCC(=O)NCc3cccs3)nc2c1. The number of thioether (sulfide) groups is 1. The van der Waals surface area contributed by atoms with E-state index in [9.17, 15) is 10.1 Å². The van der Waals surface area contributed by atoms with Crippen molar-refractivity contribution in [2.24, 2.45) is 0 Å². The molecule has 0 atom stereocenters. The van der Waals surface area contributed by atoms with Crippen LogP contribution in [0.4, 0.5) is 0 Å². The molecule has 0 saturated heterocycles. The molecule has 1 N–H and O–H groups in total. The van der Waals surface area contributed by atoms with E-state index in [1.54, 1.807) is 24.5 Å². The zero-order chi connectivity index (χ0) is 17.6. The average Bonchev–Trinajstić information content (AvgIpc) is 3.16. The van der Waals surface area contributed by atoms with Crippen molar-refractivity contribution in [2.75, 3.05) is 12.9 Å². The predicted octanol–water partition coefficient (Wildman–Crippen LogP) is 3.59. The standard InChI is InChI=1S/C18H15N3O2S2/c1-23-14-5-4-12-7-13(9-19)18(21-16(12)8-14)25-11-17(22)20-10-15-3-2-6-24-15/h2-8H,10-11H2,1H3,(H,20,22). The van der Waals surface area contributed by atoms with Gasteiger partial charge in [0.2, 0.25) is 5.91 Å². The fraction of sp³-hybridized carbons (Fsp3) is 0.167. The maximum Gasteiger partial charge on any atom is 0.230 e. The van der Waals surface area contributed by atoms with Crippen LogP contribution in [0.1, 0.15) is 10.4 Å². The molecule has 0 bridgehead atoms. The van der Waals surface area contributed by atoms with E-state index in [1.165, 1.54) is 11.8 Å². The van der Waals surface area contributed by atoms with Gasteiger partial charge >= 0.3 is 0 Å². The van der Waals surface area contributed by atoms with Crippen molar-refractivity contribution in [3.05, 3.63) is 52.2 Å². The number of nitrogens with one attached hydrogen (secondary N) is 1. The predicted molar refractivity (Wildman–Crippen MR) is 99.9 cm³/mol. The number of fused-ring (bicyclic) bond motifs is 1. The quantitative estimate of drug-likeness (QED) is 0.672. The third-order valence-electron chi connectivity index (χ3n) is 3.49. The summed E-state index contributed by atoms with van der Waals surface area (Å²) in [5, 5.41) is 15.6. The number of amides is 1. The van der Waals surface area contributed by atoms with Gasteiger partial charge in [-0.2, -0.15) is 5.26 Å². The van der Waals surface area contributed by atoms with Crippen molar-refractivity contribution in [1.82, 2.24) is 10.3 Å². The number of nitrogens with zero attached hydrogens (tertiary/aromatic N) is 2. The van der Waals surface area contributed by atoms with Crippen molar-refractivity contribution < 1.29 is 9.53 Å². The second-order valence-corrected chi connectivity index (χ2v) is 7.15. The molecule has 7 heteroatoms. The Labute approximate surface area is 153 Å². The van der Waals surface area contributed by atoms with Gasteiger partial charge < -0.3 is 10.1 Å². The number of carbonyl (C=O) groups excluding carboxylic acids is 1. The summed E-state index contributed by atoms with van der Waals surface area (Å²) in [5.41, 5.74) is 1.20. The maximum absolute atomic E-state index is 12.0. The van der Waals surface area contributed by atoms with Gasteiger partial charge in [0.05, 0.1) is 30.5 Å². The molecule has 1 amide bonds. The van der Waals surface area contributed by atoms with Gasteiger partial charge in [-0.3, -0.25) is 4.79 Å². The number of pyridine rings is 1. The summed E-state index contributed by atoms with van der Waals surface area (Å²) in [6.45, 7) is 0.518. The number of carbonyl (C=O) groups is 1. The summed E-state index contributed by atoms with van der Waals surface area (Å²) >= 11 is 2.86. The Hall–Kier alpha value is -2.56. The van der Waals surface area contributed by atoms with Crippen LogP contribution in [-0.4, -0.2) is 23.8 Å². The Bertz CT molecular complexity index is 933. The van der Waals surface area contributed by atoms with Crippen LogP contribution in [0, 0.1) is 11.3 Å². The van der Waals surface area contributed by atoms with Crippen molar-refractivity contribution in [3.63, 3.8) is 0 Å². The molecule has 0 aliphatic rings. The fourth-order valence-electron chi connectivity index (χ4n) is 2.23. The Morgan fingerprint density at radius 3 is 3.00 bits per heavy atom. The molecule has 3 rings (SSSR count). The maximum atomic E-state index is 12.0. The third-order valence-corrected chi connectivity index (χ3v) is 5.36. The number of methoxy groups -OCH3 is 1.